The molecule has 1 aromatic rings. The van der Waals surface area contributed by atoms with E-state index in [1.165, 1.54) is 32.9 Å². The van der Waals surface area contributed by atoms with Crippen molar-refractivity contribution in [2.24, 2.45) is 11.1 Å². The summed E-state index contributed by atoms with van der Waals surface area (Å²) >= 11 is 0. The number of nitrogens with zero attached hydrogens (tertiary/aromatic N) is 2. The molecule has 0 saturated carbocycles. The third-order valence-corrected chi connectivity index (χ3v) is 8.69. The van der Waals surface area contributed by atoms with Gasteiger partial charge in [-0.15, -0.1) is 0 Å². The van der Waals surface area contributed by atoms with Gasteiger partial charge < -0.3 is 5.73 Å². The van der Waals surface area contributed by atoms with E-state index in [0.717, 1.165) is 0 Å². The van der Waals surface area contributed by atoms with Crippen molar-refractivity contribution in [3.05, 3.63) is 24.3 Å². The van der Waals surface area contributed by atoms with Crippen LogP contribution in [0.15, 0.2) is 34.1 Å². The minimum atomic E-state index is -3.75. The molecule has 1 atom stereocenters. The van der Waals surface area contributed by atoms with Gasteiger partial charge in [-0.05, 0) is 36.6 Å². The van der Waals surface area contributed by atoms with E-state index in [2.05, 4.69) is 0 Å². The lowest BCUT2D eigenvalue weighted by atomic mass is 9.90. The van der Waals surface area contributed by atoms with E-state index in [0.29, 0.717) is 39.1 Å². The molecule has 1 unspecified atom stereocenters. The number of hydrogen-bond donors (Lipinski definition) is 1. The van der Waals surface area contributed by atoms with Crippen LogP contribution in [0.5, 0.6) is 0 Å². The van der Waals surface area contributed by atoms with Crippen LogP contribution in [-0.2, 0) is 20.0 Å². The van der Waals surface area contributed by atoms with Crippen molar-refractivity contribution < 1.29 is 16.8 Å². The molecule has 1 saturated heterocycles. The minimum absolute atomic E-state index is 0.00180. The van der Waals surface area contributed by atoms with Crippen LogP contribution in [0.25, 0.3) is 0 Å². The van der Waals surface area contributed by atoms with Crippen molar-refractivity contribution >= 4 is 20.0 Å². The first kappa shape index (κ1) is 20.3. The van der Waals surface area contributed by atoms with Crippen molar-refractivity contribution in [2.45, 2.75) is 37.0 Å². The summed E-state index contributed by atoms with van der Waals surface area (Å²) < 4.78 is 53.8. The quantitative estimate of drug-likeness (QED) is 0.752. The fourth-order valence-electron chi connectivity index (χ4n) is 3.01. The third kappa shape index (κ3) is 3.90. The third-order valence-electron chi connectivity index (χ3n) is 4.80. The maximum Gasteiger partial charge on any atom is 0.243 e. The summed E-state index contributed by atoms with van der Waals surface area (Å²) in [6.07, 6.45) is 0.695. The molecule has 1 aromatic carbocycles. The summed E-state index contributed by atoms with van der Waals surface area (Å²) in [5.74, 6) is 0. The predicted octanol–water partition coefficient (Wildman–Crippen LogP) is 1.08. The average molecular weight is 390 g/mol. The number of benzene rings is 1. The van der Waals surface area contributed by atoms with Crippen LogP contribution in [0.1, 0.15) is 27.2 Å². The summed E-state index contributed by atoms with van der Waals surface area (Å²) in [4.78, 5) is 0.0000566. The smallest absolute Gasteiger partial charge is 0.243 e. The molecule has 1 aliphatic heterocycles. The first-order chi connectivity index (χ1) is 11.6. The number of sulfonamides is 2. The van der Waals surface area contributed by atoms with Crippen LogP contribution < -0.4 is 5.73 Å². The highest BCUT2D eigenvalue weighted by Crippen LogP contribution is 2.33. The highest BCUT2D eigenvalue weighted by atomic mass is 32.2. The summed E-state index contributed by atoms with van der Waals surface area (Å²) in [6.45, 7) is 7.27. The Kier molecular flexibility index (Phi) is 5.95. The monoisotopic (exact) mass is 389 g/mol. The topological polar surface area (TPSA) is 101 Å². The van der Waals surface area contributed by atoms with Gasteiger partial charge in [-0.25, -0.2) is 16.8 Å². The van der Waals surface area contributed by atoms with Crippen molar-refractivity contribution in [1.29, 1.82) is 0 Å². The van der Waals surface area contributed by atoms with Crippen molar-refractivity contribution in [3.63, 3.8) is 0 Å². The maximum atomic E-state index is 12.9. The Bertz CT molecular complexity index is 820. The lowest BCUT2D eigenvalue weighted by Crippen LogP contribution is -2.34. The molecule has 0 aliphatic carbocycles. The van der Waals surface area contributed by atoms with E-state index in [1.807, 2.05) is 6.92 Å². The Labute approximate surface area is 150 Å². The Hall–Kier alpha value is -1.00. The molecule has 142 valence electrons. The summed E-state index contributed by atoms with van der Waals surface area (Å²) in [6, 6.07) is 5.60. The van der Waals surface area contributed by atoms with E-state index in [4.69, 9.17) is 5.73 Å². The van der Waals surface area contributed by atoms with Gasteiger partial charge in [0.15, 0.2) is 0 Å². The van der Waals surface area contributed by atoms with Gasteiger partial charge in [0.25, 0.3) is 0 Å². The Morgan fingerprint density at radius 1 is 1.16 bits per heavy atom. The second-order valence-corrected chi connectivity index (χ2v) is 10.5. The van der Waals surface area contributed by atoms with E-state index in [1.54, 1.807) is 13.8 Å². The molecule has 0 amide bonds. The van der Waals surface area contributed by atoms with Crippen LogP contribution in [-0.4, -0.2) is 58.2 Å². The molecule has 7 nitrogen and oxygen atoms in total. The molecule has 2 rings (SSSR count). The molecular weight excluding hydrogens is 362 g/mol. The molecular formula is C16H27N3O4S2. The van der Waals surface area contributed by atoms with Crippen LogP contribution in [0, 0.1) is 5.41 Å². The van der Waals surface area contributed by atoms with Crippen molar-refractivity contribution in [2.75, 3.05) is 32.7 Å². The first-order valence-electron chi connectivity index (χ1n) is 8.41. The molecule has 9 heteroatoms. The van der Waals surface area contributed by atoms with Gasteiger partial charge in [-0.1, -0.05) is 26.8 Å². The van der Waals surface area contributed by atoms with Gasteiger partial charge in [0.05, 0.1) is 9.79 Å². The molecule has 0 aromatic heterocycles. The molecule has 0 spiro atoms. The van der Waals surface area contributed by atoms with E-state index in [-0.39, 0.29) is 15.2 Å². The summed E-state index contributed by atoms with van der Waals surface area (Å²) in [5, 5.41) is 0. The molecule has 1 aliphatic rings. The SMILES string of the molecule is CCN(CC)S(=O)(=O)c1cccc(S(=O)(=O)N2CCC(C)(CN)C2)c1. The first-order valence-corrected chi connectivity index (χ1v) is 11.3. The standard InChI is InChI=1S/C16H27N3O4S2/c1-4-18(5-2)24(20,21)14-7-6-8-15(11-14)25(22,23)19-10-9-16(3,12-17)13-19/h6-8,11H,4-5,9-10,12-13,17H2,1-3H3. The van der Waals surface area contributed by atoms with E-state index < -0.39 is 20.0 Å². The van der Waals surface area contributed by atoms with Crippen molar-refractivity contribution in [3.8, 4) is 0 Å². The highest BCUT2D eigenvalue weighted by molar-refractivity contribution is 7.90. The lowest BCUT2D eigenvalue weighted by Gasteiger charge is -2.23. The molecule has 25 heavy (non-hydrogen) atoms. The van der Waals surface area contributed by atoms with Gasteiger partial charge in [0.2, 0.25) is 20.0 Å². The number of rotatable bonds is 7. The van der Waals surface area contributed by atoms with Crippen LogP contribution in [0.4, 0.5) is 0 Å². The fourth-order valence-corrected chi connectivity index (χ4v) is 6.22. The zero-order chi connectivity index (χ0) is 18.9. The van der Waals surface area contributed by atoms with Crippen LogP contribution >= 0.6 is 0 Å². The number of nitrogens with two attached hydrogens (primary N) is 1. The highest BCUT2D eigenvalue weighted by Gasteiger charge is 2.39. The molecule has 1 fully saturated rings. The Morgan fingerprint density at radius 2 is 1.76 bits per heavy atom. The van der Waals surface area contributed by atoms with Gasteiger partial charge in [-0.2, -0.15) is 8.61 Å². The molecule has 0 radical (unpaired) electrons. The zero-order valence-electron chi connectivity index (χ0n) is 15.0. The fraction of sp³-hybridized carbons (Fsp3) is 0.625. The molecule has 2 N–H and O–H groups in total. The van der Waals surface area contributed by atoms with Gasteiger partial charge in [0.1, 0.15) is 0 Å². The molecule has 0 bridgehead atoms. The average Bonchev–Trinajstić information content (AvgIpc) is 3.00. The van der Waals surface area contributed by atoms with Crippen molar-refractivity contribution in [1.82, 2.24) is 8.61 Å². The van der Waals surface area contributed by atoms with Gasteiger partial charge >= 0.3 is 0 Å². The lowest BCUT2D eigenvalue weighted by molar-refractivity contribution is 0.349. The second-order valence-electron chi connectivity index (χ2n) is 6.67. The van der Waals surface area contributed by atoms with Gasteiger partial charge in [0, 0.05) is 26.2 Å². The predicted molar refractivity (Wildman–Crippen MR) is 97.1 cm³/mol. The maximum absolute atomic E-state index is 12.9. The summed E-state index contributed by atoms with van der Waals surface area (Å²) in [5.41, 5.74) is 5.51. The Balaban J connectivity index is 2.39. The largest absolute Gasteiger partial charge is 0.330 e. The minimum Gasteiger partial charge on any atom is -0.330 e. The van der Waals surface area contributed by atoms with E-state index >= 15 is 0 Å². The van der Waals surface area contributed by atoms with Crippen LogP contribution in [0.3, 0.4) is 0 Å². The summed E-state index contributed by atoms with van der Waals surface area (Å²) in [7, 11) is -7.45. The van der Waals surface area contributed by atoms with E-state index in [9.17, 15) is 16.8 Å². The van der Waals surface area contributed by atoms with Crippen LogP contribution in [0.2, 0.25) is 0 Å². The Morgan fingerprint density at radius 3 is 2.28 bits per heavy atom. The van der Waals surface area contributed by atoms with Gasteiger partial charge in [-0.3, -0.25) is 0 Å². The zero-order valence-corrected chi connectivity index (χ0v) is 16.6. The molecule has 1 heterocycles. The number of hydrogen-bond acceptors (Lipinski definition) is 5. The normalized spacial score (nSPS) is 22.6. The second kappa shape index (κ2) is 7.32.